The predicted octanol–water partition coefficient (Wildman–Crippen LogP) is 2.30. The molecular weight excluding hydrogens is 242 g/mol. The number of sulfone groups is 1. The third-order valence-corrected chi connectivity index (χ3v) is 4.96. The second-order valence-electron chi connectivity index (χ2n) is 3.38. The zero-order chi connectivity index (χ0) is 11.6. The van der Waals surface area contributed by atoms with Crippen molar-refractivity contribution in [2.45, 2.75) is 10.6 Å². The van der Waals surface area contributed by atoms with Crippen LogP contribution in [-0.4, -0.2) is 8.42 Å². The number of nitrogens with two attached hydrogens (primary N) is 1. The molecule has 0 aliphatic rings. The highest BCUT2D eigenvalue weighted by Gasteiger charge is 2.18. The molecule has 0 aliphatic heterocycles. The lowest BCUT2D eigenvalue weighted by Crippen LogP contribution is -2.06. The van der Waals surface area contributed by atoms with Gasteiger partial charge in [0.2, 0.25) is 0 Å². The molecule has 2 aromatic rings. The molecule has 0 aliphatic carbocycles. The minimum atomic E-state index is -3.33. The van der Waals surface area contributed by atoms with Crippen LogP contribution in [0.2, 0.25) is 0 Å². The van der Waals surface area contributed by atoms with Crippen LogP contribution >= 0.6 is 11.3 Å². The van der Waals surface area contributed by atoms with E-state index in [1.165, 1.54) is 17.4 Å². The molecule has 0 unspecified atom stereocenters. The number of hydrogen-bond acceptors (Lipinski definition) is 4. The summed E-state index contributed by atoms with van der Waals surface area (Å²) in [5.74, 6) is 0.0128. The van der Waals surface area contributed by atoms with Gasteiger partial charge in [0.25, 0.3) is 0 Å². The monoisotopic (exact) mass is 253 g/mol. The van der Waals surface area contributed by atoms with Crippen LogP contribution in [0.1, 0.15) is 4.88 Å². The van der Waals surface area contributed by atoms with E-state index in [9.17, 15) is 8.42 Å². The Hall–Kier alpha value is -1.33. The molecule has 0 fully saturated rings. The summed E-state index contributed by atoms with van der Waals surface area (Å²) in [7, 11) is -3.33. The largest absolute Gasteiger partial charge is 0.398 e. The van der Waals surface area contributed by atoms with E-state index in [1.807, 2.05) is 11.4 Å². The molecule has 3 nitrogen and oxygen atoms in total. The van der Waals surface area contributed by atoms with Crippen molar-refractivity contribution in [2.75, 3.05) is 5.73 Å². The number of hydrogen-bond donors (Lipinski definition) is 1. The van der Waals surface area contributed by atoms with Gasteiger partial charge in [0.15, 0.2) is 9.84 Å². The van der Waals surface area contributed by atoms with Crippen LogP contribution in [0.4, 0.5) is 5.69 Å². The maximum absolute atomic E-state index is 12.0. The van der Waals surface area contributed by atoms with Gasteiger partial charge in [-0.25, -0.2) is 8.42 Å². The molecule has 0 amide bonds. The number of rotatable bonds is 3. The first-order chi connectivity index (χ1) is 7.59. The highest BCUT2D eigenvalue weighted by molar-refractivity contribution is 7.91. The summed E-state index contributed by atoms with van der Waals surface area (Å²) < 4.78 is 24.1. The van der Waals surface area contributed by atoms with Crippen molar-refractivity contribution >= 4 is 26.9 Å². The SMILES string of the molecule is Nc1ccccc1S(=O)(=O)Cc1cccs1. The first kappa shape index (κ1) is 11.2. The third-order valence-electron chi connectivity index (χ3n) is 2.17. The van der Waals surface area contributed by atoms with Crippen molar-refractivity contribution in [3.05, 3.63) is 46.7 Å². The molecule has 0 saturated carbocycles. The lowest BCUT2D eigenvalue weighted by Gasteiger charge is -2.05. The van der Waals surface area contributed by atoms with Gasteiger partial charge in [0.1, 0.15) is 0 Å². The number of nitrogen functional groups attached to an aromatic ring is 1. The van der Waals surface area contributed by atoms with Crippen LogP contribution in [0.25, 0.3) is 0 Å². The first-order valence-corrected chi connectivity index (χ1v) is 7.22. The van der Waals surface area contributed by atoms with Crippen molar-refractivity contribution in [2.24, 2.45) is 0 Å². The van der Waals surface area contributed by atoms with Crippen molar-refractivity contribution < 1.29 is 8.42 Å². The molecule has 5 heteroatoms. The zero-order valence-corrected chi connectivity index (χ0v) is 10.1. The van der Waals surface area contributed by atoms with Gasteiger partial charge in [-0.15, -0.1) is 11.3 Å². The normalized spacial score (nSPS) is 11.5. The molecule has 1 aromatic heterocycles. The summed E-state index contributed by atoms with van der Waals surface area (Å²) in [5.41, 5.74) is 5.96. The number of para-hydroxylation sites is 1. The van der Waals surface area contributed by atoms with Gasteiger partial charge < -0.3 is 5.73 Å². The van der Waals surface area contributed by atoms with Crippen molar-refractivity contribution in [1.82, 2.24) is 0 Å². The molecule has 2 rings (SSSR count). The predicted molar refractivity (Wildman–Crippen MR) is 66.1 cm³/mol. The molecule has 1 heterocycles. The summed E-state index contributed by atoms with van der Waals surface area (Å²) in [5, 5.41) is 1.86. The second-order valence-corrected chi connectivity index (χ2v) is 6.37. The topological polar surface area (TPSA) is 60.2 Å². The van der Waals surface area contributed by atoms with E-state index >= 15 is 0 Å². The molecule has 16 heavy (non-hydrogen) atoms. The Bertz CT molecular complexity index is 574. The molecule has 0 atom stereocenters. The van der Waals surface area contributed by atoms with Crippen molar-refractivity contribution in [1.29, 1.82) is 0 Å². The summed E-state index contributed by atoms with van der Waals surface area (Å²) in [6, 6.07) is 10.2. The van der Waals surface area contributed by atoms with Gasteiger partial charge in [0, 0.05) is 4.88 Å². The van der Waals surface area contributed by atoms with E-state index in [2.05, 4.69) is 0 Å². The standard InChI is InChI=1S/C11H11NO2S2/c12-10-5-1-2-6-11(10)16(13,14)8-9-4-3-7-15-9/h1-7H,8,12H2. The van der Waals surface area contributed by atoms with Gasteiger partial charge in [-0.1, -0.05) is 18.2 Å². The Morgan fingerprint density at radius 1 is 1.12 bits per heavy atom. The summed E-state index contributed by atoms with van der Waals surface area (Å²) in [6.45, 7) is 0. The summed E-state index contributed by atoms with van der Waals surface area (Å²) >= 11 is 1.43. The molecule has 84 valence electrons. The summed E-state index contributed by atoms with van der Waals surface area (Å²) in [4.78, 5) is 1.03. The number of anilines is 1. The van der Waals surface area contributed by atoms with Gasteiger partial charge in [0.05, 0.1) is 16.3 Å². The third kappa shape index (κ3) is 2.25. The average molecular weight is 253 g/mol. The Morgan fingerprint density at radius 3 is 2.50 bits per heavy atom. The van der Waals surface area contributed by atoms with Gasteiger partial charge in [-0.3, -0.25) is 0 Å². The molecule has 0 saturated heterocycles. The van der Waals surface area contributed by atoms with E-state index in [4.69, 9.17) is 5.73 Å². The van der Waals surface area contributed by atoms with E-state index in [0.29, 0.717) is 5.69 Å². The van der Waals surface area contributed by atoms with Crippen molar-refractivity contribution in [3.63, 3.8) is 0 Å². The fourth-order valence-electron chi connectivity index (χ4n) is 1.42. The Balaban J connectivity index is 2.37. The van der Waals surface area contributed by atoms with Crippen LogP contribution in [0.15, 0.2) is 46.7 Å². The smallest absolute Gasteiger partial charge is 0.185 e. The fourth-order valence-corrected chi connectivity index (χ4v) is 3.99. The van der Waals surface area contributed by atoms with Crippen molar-refractivity contribution in [3.8, 4) is 0 Å². The van der Waals surface area contributed by atoms with Gasteiger partial charge in [-0.2, -0.15) is 0 Å². The van der Waals surface area contributed by atoms with Crippen LogP contribution in [0, 0.1) is 0 Å². The van der Waals surface area contributed by atoms with Crippen LogP contribution in [-0.2, 0) is 15.6 Å². The maximum atomic E-state index is 12.0. The zero-order valence-electron chi connectivity index (χ0n) is 8.46. The van der Waals surface area contributed by atoms with Gasteiger partial charge >= 0.3 is 0 Å². The Kier molecular flexibility index (Phi) is 2.98. The Labute approximate surface area is 98.5 Å². The molecular formula is C11H11NO2S2. The highest BCUT2D eigenvalue weighted by atomic mass is 32.2. The maximum Gasteiger partial charge on any atom is 0.185 e. The lowest BCUT2D eigenvalue weighted by molar-refractivity contribution is 0.596. The lowest BCUT2D eigenvalue weighted by atomic mass is 10.3. The van der Waals surface area contributed by atoms with Crippen LogP contribution in [0.5, 0.6) is 0 Å². The van der Waals surface area contributed by atoms with Crippen LogP contribution < -0.4 is 5.73 Å². The molecule has 0 spiro atoms. The minimum Gasteiger partial charge on any atom is -0.398 e. The quantitative estimate of drug-likeness (QED) is 0.854. The minimum absolute atomic E-state index is 0.0128. The second kappa shape index (κ2) is 4.27. The van der Waals surface area contributed by atoms with E-state index < -0.39 is 9.84 Å². The fraction of sp³-hybridized carbons (Fsp3) is 0.0909. The molecule has 0 bridgehead atoms. The number of thiophene rings is 1. The summed E-state index contributed by atoms with van der Waals surface area (Å²) in [6.07, 6.45) is 0. The first-order valence-electron chi connectivity index (χ1n) is 4.69. The highest BCUT2D eigenvalue weighted by Crippen LogP contribution is 2.23. The van der Waals surface area contributed by atoms with E-state index in [-0.39, 0.29) is 10.6 Å². The Morgan fingerprint density at radius 2 is 1.88 bits per heavy atom. The molecule has 0 radical (unpaired) electrons. The number of benzene rings is 1. The van der Waals surface area contributed by atoms with Gasteiger partial charge in [-0.05, 0) is 23.6 Å². The molecule has 2 N–H and O–H groups in total. The van der Waals surface area contributed by atoms with E-state index in [1.54, 1.807) is 24.3 Å². The van der Waals surface area contributed by atoms with E-state index in [0.717, 1.165) is 4.88 Å². The molecule has 1 aromatic carbocycles. The average Bonchev–Trinajstić information content (AvgIpc) is 2.70. The van der Waals surface area contributed by atoms with Crippen LogP contribution in [0.3, 0.4) is 0 Å².